The van der Waals surface area contributed by atoms with E-state index in [1.165, 1.54) is 19.3 Å². The van der Waals surface area contributed by atoms with E-state index in [9.17, 15) is 0 Å². The van der Waals surface area contributed by atoms with Crippen molar-refractivity contribution in [2.24, 2.45) is 0 Å². The number of hydrogen-bond donors (Lipinski definition) is 1. The van der Waals surface area contributed by atoms with Crippen LogP contribution in [0.25, 0.3) is 0 Å². The number of anilines is 1. The first kappa shape index (κ1) is 10.6. The van der Waals surface area contributed by atoms with Gasteiger partial charge in [-0.1, -0.05) is 12.1 Å². The first-order chi connectivity index (χ1) is 8.36. The van der Waals surface area contributed by atoms with E-state index in [-0.39, 0.29) is 0 Å². The normalized spacial score (nSPS) is 27.6. The van der Waals surface area contributed by atoms with E-state index in [1.54, 1.807) is 0 Å². The lowest BCUT2D eigenvalue weighted by Crippen LogP contribution is -2.35. The molecule has 2 saturated heterocycles. The lowest BCUT2D eigenvalue weighted by Gasteiger charge is -2.27. The van der Waals surface area contributed by atoms with Crippen molar-refractivity contribution < 1.29 is 0 Å². The smallest absolute Gasteiger partial charge is 0.101 e. The SMILES string of the molecule is N#Cc1ccccc1N1CCC2CCC(C1)N2. The Morgan fingerprint density at radius 3 is 2.88 bits per heavy atom. The monoisotopic (exact) mass is 227 g/mol. The second-order valence-electron chi connectivity index (χ2n) is 5.00. The van der Waals surface area contributed by atoms with Gasteiger partial charge in [-0.2, -0.15) is 5.26 Å². The molecule has 2 atom stereocenters. The maximum atomic E-state index is 9.16. The predicted octanol–water partition coefficient (Wildman–Crippen LogP) is 1.89. The van der Waals surface area contributed by atoms with Crippen molar-refractivity contribution in [1.82, 2.24) is 5.32 Å². The lowest BCUT2D eigenvalue weighted by molar-refractivity contribution is 0.563. The zero-order valence-corrected chi connectivity index (χ0v) is 9.89. The summed E-state index contributed by atoms with van der Waals surface area (Å²) in [6.45, 7) is 2.10. The molecule has 2 bridgehead atoms. The second kappa shape index (κ2) is 4.38. The van der Waals surface area contributed by atoms with Crippen LogP contribution in [0.5, 0.6) is 0 Å². The van der Waals surface area contributed by atoms with Crippen LogP contribution in [0.15, 0.2) is 24.3 Å². The lowest BCUT2D eigenvalue weighted by atomic mass is 10.1. The number of para-hydroxylation sites is 1. The van der Waals surface area contributed by atoms with Crippen LogP contribution in [0, 0.1) is 11.3 Å². The van der Waals surface area contributed by atoms with Gasteiger partial charge in [-0.3, -0.25) is 0 Å². The van der Waals surface area contributed by atoms with Gasteiger partial charge in [0.05, 0.1) is 11.3 Å². The summed E-state index contributed by atoms with van der Waals surface area (Å²) in [6, 6.07) is 11.5. The Kier molecular flexibility index (Phi) is 2.74. The summed E-state index contributed by atoms with van der Waals surface area (Å²) < 4.78 is 0. The molecule has 0 saturated carbocycles. The van der Waals surface area contributed by atoms with Crippen LogP contribution in [0.3, 0.4) is 0 Å². The van der Waals surface area contributed by atoms with E-state index in [0.29, 0.717) is 12.1 Å². The fourth-order valence-corrected chi connectivity index (χ4v) is 3.01. The van der Waals surface area contributed by atoms with Gasteiger partial charge in [0.2, 0.25) is 0 Å². The van der Waals surface area contributed by atoms with E-state index >= 15 is 0 Å². The van der Waals surface area contributed by atoms with Crippen molar-refractivity contribution in [3.05, 3.63) is 29.8 Å². The third-order valence-corrected chi connectivity index (χ3v) is 3.89. The zero-order valence-electron chi connectivity index (χ0n) is 9.89. The molecule has 0 radical (unpaired) electrons. The molecule has 0 aliphatic carbocycles. The molecule has 2 aliphatic heterocycles. The van der Waals surface area contributed by atoms with E-state index < -0.39 is 0 Å². The predicted molar refractivity (Wildman–Crippen MR) is 67.9 cm³/mol. The Morgan fingerprint density at radius 1 is 1.18 bits per heavy atom. The van der Waals surface area contributed by atoms with Crippen LogP contribution >= 0.6 is 0 Å². The minimum atomic E-state index is 0.606. The fourth-order valence-electron chi connectivity index (χ4n) is 3.01. The summed E-state index contributed by atoms with van der Waals surface area (Å²) in [4.78, 5) is 2.37. The topological polar surface area (TPSA) is 39.1 Å². The molecule has 3 heteroatoms. The van der Waals surface area contributed by atoms with Gasteiger partial charge in [-0.15, -0.1) is 0 Å². The average molecular weight is 227 g/mol. The largest absolute Gasteiger partial charge is 0.369 e. The highest BCUT2D eigenvalue weighted by molar-refractivity contribution is 5.59. The van der Waals surface area contributed by atoms with Crippen LogP contribution in [0.4, 0.5) is 5.69 Å². The molecule has 2 fully saturated rings. The highest BCUT2D eigenvalue weighted by atomic mass is 15.2. The van der Waals surface area contributed by atoms with Gasteiger partial charge in [0.1, 0.15) is 6.07 Å². The maximum Gasteiger partial charge on any atom is 0.101 e. The molecule has 2 aliphatic rings. The van der Waals surface area contributed by atoms with Gasteiger partial charge in [-0.25, -0.2) is 0 Å². The number of nitriles is 1. The summed E-state index contributed by atoms with van der Waals surface area (Å²) in [5.74, 6) is 0. The quantitative estimate of drug-likeness (QED) is 0.796. The van der Waals surface area contributed by atoms with Crippen molar-refractivity contribution >= 4 is 5.69 Å². The molecular weight excluding hydrogens is 210 g/mol. The minimum absolute atomic E-state index is 0.606. The number of hydrogen-bond acceptors (Lipinski definition) is 3. The highest BCUT2D eigenvalue weighted by Crippen LogP contribution is 2.26. The van der Waals surface area contributed by atoms with E-state index in [2.05, 4.69) is 22.4 Å². The van der Waals surface area contributed by atoms with Crippen molar-refractivity contribution in [3.8, 4) is 6.07 Å². The maximum absolute atomic E-state index is 9.16. The zero-order chi connectivity index (χ0) is 11.7. The fraction of sp³-hybridized carbons (Fsp3) is 0.500. The molecule has 88 valence electrons. The first-order valence-electron chi connectivity index (χ1n) is 6.37. The van der Waals surface area contributed by atoms with Crippen molar-refractivity contribution in [2.75, 3.05) is 18.0 Å². The molecule has 1 N–H and O–H groups in total. The van der Waals surface area contributed by atoms with Gasteiger partial charge < -0.3 is 10.2 Å². The molecule has 0 aromatic heterocycles. The Balaban J connectivity index is 1.86. The van der Waals surface area contributed by atoms with Crippen LogP contribution in [0.2, 0.25) is 0 Å². The Bertz CT molecular complexity index is 449. The van der Waals surface area contributed by atoms with Gasteiger partial charge in [0.25, 0.3) is 0 Å². The third kappa shape index (κ3) is 2.01. The van der Waals surface area contributed by atoms with Gasteiger partial charge >= 0.3 is 0 Å². The Morgan fingerprint density at radius 2 is 2.00 bits per heavy atom. The van der Waals surface area contributed by atoms with Crippen molar-refractivity contribution in [1.29, 1.82) is 5.26 Å². The first-order valence-corrected chi connectivity index (χ1v) is 6.37. The summed E-state index contributed by atoms with van der Waals surface area (Å²) in [7, 11) is 0. The molecule has 3 rings (SSSR count). The van der Waals surface area contributed by atoms with Gasteiger partial charge in [-0.05, 0) is 31.4 Å². The summed E-state index contributed by atoms with van der Waals surface area (Å²) >= 11 is 0. The Hall–Kier alpha value is -1.53. The molecule has 1 aromatic rings. The minimum Gasteiger partial charge on any atom is -0.369 e. The van der Waals surface area contributed by atoms with Gasteiger partial charge in [0.15, 0.2) is 0 Å². The number of fused-ring (bicyclic) bond motifs is 2. The molecular formula is C14H17N3. The third-order valence-electron chi connectivity index (χ3n) is 3.89. The summed E-state index contributed by atoms with van der Waals surface area (Å²) in [6.07, 6.45) is 3.78. The van der Waals surface area contributed by atoms with Crippen LogP contribution in [0.1, 0.15) is 24.8 Å². The number of nitrogens with one attached hydrogen (secondary N) is 1. The highest BCUT2D eigenvalue weighted by Gasteiger charge is 2.29. The number of nitrogens with zero attached hydrogens (tertiary/aromatic N) is 2. The molecule has 2 unspecified atom stereocenters. The molecule has 3 nitrogen and oxygen atoms in total. The Labute approximate surface area is 102 Å². The number of benzene rings is 1. The number of rotatable bonds is 1. The molecule has 0 amide bonds. The van der Waals surface area contributed by atoms with E-state index in [4.69, 9.17) is 5.26 Å². The molecule has 2 heterocycles. The van der Waals surface area contributed by atoms with Crippen LogP contribution in [-0.2, 0) is 0 Å². The molecule has 0 spiro atoms. The van der Waals surface area contributed by atoms with Crippen LogP contribution < -0.4 is 10.2 Å². The van der Waals surface area contributed by atoms with Crippen molar-refractivity contribution in [2.45, 2.75) is 31.3 Å². The van der Waals surface area contributed by atoms with Crippen molar-refractivity contribution in [3.63, 3.8) is 0 Å². The second-order valence-corrected chi connectivity index (χ2v) is 5.00. The van der Waals surface area contributed by atoms with E-state index in [0.717, 1.165) is 24.3 Å². The van der Waals surface area contributed by atoms with Gasteiger partial charge in [0, 0.05) is 25.2 Å². The van der Waals surface area contributed by atoms with E-state index in [1.807, 2.05) is 18.2 Å². The summed E-state index contributed by atoms with van der Waals surface area (Å²) in [5.41, 5.74) is 1.90. The van der Waals surface area contributed by atoms with Crippen LogP contribution in [-0.4, -0.2) is 25.2 Å². The average Bonchev–Trinajstić information content (AvgIpc) is 2.69. The molecule has 1 aromatic carbocycles. The molecule has 17 heavy (non-hydrogen) atoms. The summed E-state index contributed by atoms with van der Waals surface area (Å²) in [5, 5.41) is 12.8. The standard InChI is InChI=1S/C14H17N3/c15-9-11-3-1-2-4-14(11)17-8-7-12-5-6-13(10-17)16-12/h1-4,12-13,16H,5-8,10H2.